The third kappa shape index (κ3) is 3.61. The predicted octanol–water partition coefficient (Wildman–Crippen LogP) is 4.12. The van der Waals surface area contributed by atoms with Gasteiger partial charge >= 0.3 is 0 Å². The van der Waals surface area contributed by atoms with Gasteiger partial charge in [0.25, 0.3) is 0 Å². The molecule has 6 heteroatoms. The average molecular weight is 330 g/mol. The lowest BCUT2D eigenvalue weighted by molar-refractivity contribution is -0.0457. The minimum atomic E-state index is -2.52. The lowest BCUT2D eigenvalue weighted by Gasteiger charge is -2.28. The van der Waals surface area contributed by atoms with Crippen molar-refractivity contribution in [3.8, 4) is 11.9 Å². The Kier molecular flexibility index (Phi) is 4.35. The number of rotatable bonds is 3. The molecule has 0 aliphatic heterocycles. The normalized spacial score (nSPS) is 17.6. The standard InChI is InChI=1S/C18H20F2N4/c1-12-7-13(2)24(23-12)17-10-15(11-21)9-16(22-17)8-14-3-5-18(19,20)6-4-14/h7,9-10,14H,3-6,8H2,1-2H3. The van der Waals surface area contributed by atoms with Gasteiger partial charge in [0.15, 0.2) is 5.82 Å². The van der Waals surface area contributed by atoms with E-state index in [0.29, 0.717) is 30.6 Å². The first kappa shape index (κ1) is 16.6. The smallest absolute Gasteiger partial charge is 0.234 e. The number of hydrogen-bond acceptors (Lipinski definition) is 3. The lowest BCUT2D eigenvalue weighted by atomic mass is 9.84. The van der Waals surface area contributed by atoms with E-state index in [4.69, 9.17) is 0 Å². The van der Waals surface area contributed by atoms with Gasteiger partial charge in [0.2, 0.25) is 5.92 Å². The highest BCUT2D eigenvalue weighted by Gasteiger charge is 2.34. The van der Waals surface area contributed by atoms with Crippen LogP contribution < -0.4 is 0 Å². The molecular weight excluding hydrogens is 310 g/mol. The summed E-state index contributed by atoms with van der Waals surface area (Å²) in [6, 6.07) is 7.56. The van der Waals surface area contributed by atoms with Crippen molar-refractivity contribution in [1.29, 1.82) is 5.26 Å². The topological polar surface area (TPSA) is 54.5 Å². The van der Waals surface area contributed by atoms with Crippen LogP contribution in [0.15, 0.2) is 18.2 Å². The Labute approximate surface area is 140 Å². The molecule has 0 aromatic carbocycles. The molecule has 1 fully saturated rings. The second kappa shape index (κ2) is 6.31. The molecule has 2 heterocycles. The van der Waals surface area contributed by atoms with E-state index in [-0.39, 0.29) is 18.8 Å². The fourth-order valence-corrected chi connectivity index (χ4v) is 3.31. The Morgan fingerprint density at radius 1 is 1.25 bits per heavy atom. The second-order valence-electron chi connectivity index (χ2n) is 6.66. The molecule has 1 aliphatic rings. The third-order valence-corrected chi connectivity index (χ3v) is 4.56. The van der Waals surface area contributed by atoms with E-state index < -0.39 is 5.92 Å². The molecular formula is C18H20F2N4. The summed E-state index contributed by atoms with van der Waals surface area (Å²) in [5.74, 6) is -1.72. The van der Waals surface area contributed by atoms with E-state index in [0.717, 1.165) is 17.1 Å². The van der Waals surface area contributed by atoms with Crippen LogP contribution in [-0.2, 0) is 6.42 Å². The minimum Gasteiger partial charge on any atom is -0.234 e. The molecule has 1 aliphatic carbocycles. The SMILES string of the molecule is Cc1cc(C)n(-c2cc(C#N)cc(CC3CCC(F)(F)CC3)n2)n1. The molecule has 0 unspecified atom stereocenters. The summed E-state index contributed by atoms with van der Waals surface area (Å²) in [6.07, 6.45) is 1.51. The first-order chi connectivity index (χ1) is 11.4. The fraction of sp³-hybridized carbons (Fsp3) is 0.500. The Morgan fingerprint density at radius 3 is 2.54 bits per heavy atom. The summed E-state index contributed by atoms with van der Waals surface area (Å²) < 4.78 is 28.3. The van der Waals surface area contributed by atoms with Crippen molar-refractivity contribution in [3.05, 3.63) is 40.8 Å². The van der Waals surface area contributed by atoms with Crippen molar-refractivity contribution in [2.75, 3.05) is 0 Å². The van der Waals surface area contributed by atoms with Gasteiger partial charge in [-0.2, -0.15) is 10.4 Å². The van der Waals surface area contributed by atoms with Crippen LogP contribution >= 0.6 is 0 Å². The Balaban J connectivity index is 1.85. The summed E-state index contributed by atoms with van der Waals surface area (Å²) in [6.45, 7) is 3.84. The number of nitrogens with zero attached hydrogens (tertiary/aromatic N) is 4. The van der Waals surface area contributed by atoms with Gasteiger partial charge < -0.3 is 0 Å². The van der Waals surface area contributed by atoms with Gasteiger partial charge in [-0.3, -0.25) is 0 Å². The van der Waals surface area contributed by atoms with Crippen molar-refractivity contribution in [2.24, 2.45) is 5.92 Å². The van der Waals surface area contributed by atoms with Crippen molar-refractivity contribution < 1.29 is 8.78 Å². The molecule has 126 valence electrons. The summed E-state index contributed by atoms with van der Waals surface area (Å²) >= 11 is 0. The maximum atomic E-state index is 13.3. The molecule has 0 N–H and O–H groups in total. The van der Waals surface area contributed by atoms with Crippen LogP contribution in [0.3, 0.4) is 0 Å². The van der Waals surface area contributed by atoms with Crippen molar-refractivity contribution in [1.82, 2.24) is 14.8 Å². The van der Waals surface area contributed by atoms with Gasteiger partial charge in [0.05, 0.1) is 17.3 Å². The Morgan fingerprint density at radius 2 is 1.96 bits per heavy atom. The second-order valence-corrected chi connectivity index (χ2v) is 6.66. The minimum absolute atomic E-state index is 0.0556. The van der Waals surface area contributed by atoms with Gasteiger partial charge in [0, 0.05) is 30.3 Å². The molecule has 3 rings (SSSR count). The molecule has 0 radical (unpaired) electrons. The summed E-state index contributed by atoms with van der Waals surface area (Å²) in [4.78, 5) is 4.62. The van der Waals surface area contributed by atoms with E-state index in [1.54, 1.807) is 16.8 Å². The van der Waals surface area contributed by atoms with Crippen LogP contribution in [0.2, 0.25) is 0 Å². The summed E-state index contributed by atoms with van der Waals surface area (Å²) in [5.41, 5.74) is 3.11. The third-order valence-electron chi connectivity index (χ3n) is 4.56. The van der Waals surface area contributed by atoms with Crippen LogP contribution in [-0.4, -0.2) is 20.7 Å². The maximum Gasteiger partial charge on any atom is 0.248 e. The van der Waals surface area contributed by atoms with Crippen LogP contribution in [0.4, 0.5) is 8.78 Å². The highest BCUT2D eigenvalue weighted by Crippen LogP contribution is 2.37. The molecule has 0 saturated heterocycles. The molecule has 1 saturated carbocycles. The molecule has 4 nitrogen and oxygen atoms in total. The van der Waals surface area contributed by atoms with Crippen LogP contribution in [0, 0.1) is 31.1 Å². The molecule has 24 heavy (non-hydrogen) atoms. The molecule has 0 atom stereocenters. The molecule has 0 amide bonds. The van der Waals surface area contributed by atoms with E-state index in [2.05, 4.69) is 16.2 Å². The highest BCUT2D eigenvalue weighted by atomic mass is 19.3. The number of aryl methyl sites for hydroxylation is 2. The van der Waals surface area contributed by atoms with E-state index >= 15 is 0 Å². The van der Waals surface area contributed by atoms with E-state index in [9.17, 15) is 14.0 Å². The maximum absolute atomic E-state index is 13.3. The predicted molar refractivity (Wildman–Crippen MR) is 86.2 cm³/mol. The van der Waals surface area contributed by atoms with Crippen LogP contribution in [0.1, 0.15) is 48.3 Å². The monoisotopic (exact) mass is 330 g/mol. The number of hydrogen-bond donors (Lipinski definition) is 0. The number of halogens is 2. The lowest BCUT2D eigenvalue weighted by Crippen LogP contribution is -2.25. The zero-order valence-electron chi connectivity index (χ0n) is 13.9. The quantitative estimate of drug-likeness (QED) is 0.850. The van der Waals surface area contributed by atoms with Gasteiger partial charge in [-0.1, -0.05) is 0 Å². The van der Waals surface area contributed by atoms with Crippen LogP contribution in [0.25, 0.3) is 5.82 Å². The molecule has 0 bridgehead atoms. The highest BCUT2D eigenvalue weighted by molar-refractivity contribution is 5.39. The van der Waals surface area contributed by atoms with Crippen molar-refractivity contribution in [2.45, 2.75) is 51.9 Å². The number of alkyl halides is 2. The van der Waals surface area contributed by atoms with E-state index in [1.807, 2.05) is 19.9 Å². The number of nitriles is 1. The number of aromatic nitrogens is 3. The van der Waals surface area contributed by atoms with E-state index in [1.165, 1.54) is 0 Å². The van der Waals surface area contributed by atoms with Crippen molar-refractivity contribution in [3.63, 3.8) is 0 Å². The Hall–Kier alpha value is -2.29. The Bertz CT molecular complexity index is 779. The number of pyridine rings is 1. The van der Waals surface area contributed by atoms with Gasteiger partial charge in [-0.15, -0.1) is 0 Å². The fourth-order valence-electron chi connectivity index (χ4n) is 3.31. The van der Waals surface area contributed by atoms with Gasteiger partial charge in [0.1, 0.15) is 0 Å². The average Bonchev–Trinajstić information content (AvgIpc) is 2.88. The molecule has 2 aromatic heterocycles. The van der Waals surface area contributed by atoms with Gasteiger partial charge in [-0.05, 0) is 51.2 Å². The van der Waals surface area contributed by atoms with Crippen LogP contribution in [0.5, 0.6) is 0 Å². The first-order valence-electron chi connectivity index (χ1n) is 8.19. The zero-order valence-corrected chi connectivity index (χ0v) is 13.9. The molecule has 0 spiro atoms. The zero-order chi connectivity index (χ0) is 17.3. The summed E-state index contributed by atoms with van der Waals surface area (Å²) in [7, 11) is 0. The van der Waals surface area contributed by atoms with Crippen molar-refractivity contribution >= 4 is 0 Å². The molecule has 2 aromatic rings. The summed E-state index contributed by atoms with van der Waals surface area (Å²) in [5, 5.41) is 13.7. The van der Waals surface area contributed by atoms with Gasteiger partial charge in [-0.25, -0.2) is 18.4 Å². The first-order valence-corrected chi connectivity index (χ1v) is 8.19. The largest absolute Gasteiger partial charge is 0.248 e.